The van der Waals surface area contributed by atoms with E-state index in [9.17, 15) is 9.18 Å². The van der Waals surface area contributed by atoms with Gasteiger partial charge in [-0.25, -0.2) is 9.07 Å². The quantitative estimate of drug-likeness (QED) is 0.791. The van der Waals surface area contributed by atoms with E-state index in [1.807, 2.05) is 0 Å². The monoisotopic (exact) mass is 284 g/mol. The van der Waals surface area contributed by atoms with Gasteiger partial charge in [0.25, 0.3) is 0 Å². The largest absolute Gasteiger partial charge is 0.374 e. The molecule has 0 fully saturated rings. The lowest BCUT2D eigenvalue weighted by atomic mass is 10.2. The van der Waals surface area contributed by atoms with Crippen LogP contribution in [-0.4, -0.2) is 37.1 Å². The van der Waals surface area contributed by atoms with E-state index in [0.29, 0.717) is 23.0 Å². The van der Waals surface area contributed by atoms with Crippen molar-refractivity contribution in [1.82, 2.24) is 25.2 Å². The summed E-state index contributed by atoms with van der Waals surface area (Å²) in [6.07, 6.45) is 1.12. The van der Waals surface area contributed by atoms with Gasteiger partial charge in [-0.05, 0) is 6.42 Å². The summed E-state index contributed by atoms with van der Waals surface area (Å²) in [7, 11) is 0. The van der Waals surface area contributed by atoms with Crippen LogP contribution >= 0.6 is 11.3 Å². The zero-order valence-electron chi connectivity index (χ0n) is 10.3. The molecule has 0 saturated heterocycles. The normalized spacial score (nSPS) is 12.5. The standard InChI is InChI=1S/C10H13FN6OS/c1-6(18)8-5-17(16-13-8)4-7(11)2-3-9-14-15-10(12)19-9/h5,7H,2-4H2,1H3,(H2,12,15). The van der Waals surface area contributed by atoms with Crippen molar-refractivity contribution in [3.8, 4) is 0 Å². The van der Waals surface area contributed by atoms with Crippen molar-refractivity contribution in [2.45, 2.75) is 32.5 Å². The number of nitrogen functional groups attached to an aromatic ring is 1. The zero-order valence-corrected chi connectivity index (χ0v) is 11.1. The fraction of sp³-hybridized carbons (Fsp3) is 0.500. The summed E-state index contributed by atoms with van der Waals surface area (Å²) >= 11 is 1.25. The van der Waals surface area contributed by atoms with Crippen molar-refractivity contribution < 1.29 is 9.18 Å². The molecule has 0 aliphatic heterocycles. The molecule has 102 valence electrons. The Morgan fingerprint density at radius 1 is 1.53 bits per heavy atom. The van der Waals surface area contributed by atoms with Gasteiger partial charge in [-0.2, -0.15) is 0 Å². The van der Waals surface area contributed by atoms with Crippen molar-refractivity contribution in [3.63, 3.8) is 0 Å². The molecule has 0 bridgehead atoms. The molecule has 0 radical (unpaired) electrons. The van der Waals surface area contributed by atoms with Crippen LogP contribution in [0.25, 0.3) is 0 Å². The number of Topliss-reactive ketones (excluding diaryl/α,β-unsaturated/α-hetero) is 1. The highest BCUT2D eigenvalue weighted by molar-refractivity contribution is 7.15. The third kappa shape index (κ3) is 3.78. The Balaban J connectivity index is 1.83. The van der Waals surface area contributed by atoms with Crippen molar-refractivity contribution >= 4 is 22.3 Å². The molecule has 0 saturated carbocycles. The Bertz CT molecular complexity index is 568. The third-order valence-corrected chi connectivity index (χ3v) is 3.25. The van der Waals surface area contributed by atoms with Crippen LogP contribution in [0.4, 0.5) is 9.52 Å². The first-order chi connectivity index (χ1) is 9.04. The van der Waals surface area contributed by atoms with E-state index in [0.717, 1.165) is 0 Å². The number of alkyl halides is 1. The number of anilines is 1. The predicted molar refractivity (Wildman–Crippen MR) is 67.6 cm³/mol. The first-order valence-electron chi connectivity index (χ1n) is 5.67. The van der Waals surface area contributed by atoms with Crippen LogP contribution in [0.3, 0.4) is 0 Å². The number of carbonyl (C=O) groups excluding carboxylic acids is 1. The van der Waals surface area contributed by atoms with Gasteiger partial charge in [-0.1, -0.05) is 16.6 Å². The smallest absolute Gasteiger partial charge is 0.203 e. The van der Waals surface area contributed by atoms with E-state index < -0.39 is 6.17 Å². The topological polar surface area (TPSA) is 99.6 Å². The first kappa shape index (κ1) is 13.5. The molecule has 0 aromatic carbocycles. The lowest BCUT2D eigenvalue weighted by Gasteiger charge is -2.05. The number of halogens is 1. The highest BCUT2D eigenvalue weighted by Gasteiger charge is 2.12. The molecule has 1 unspecified atom stereocenters. The van der Waals surface area contributed by atoms with Gasteiger partial charge in [-0.3, -0.25) is 4.79 Å². The second-order valence-electron chi connectivity index (χ2n) is 4.05. The Hall–Kier alpha value is -1.90. The first-order valence-corrected chi connectivity index (χ1v) is 6.49. The van der Waals surface area contributed by atoms with Crippen molar-refractivity contribution in [2.75, 3.05) is 5.73 Å². The number of aromatic nitrogens is 5. The Labute approximate surface area is 112 Å². The molecule has 1 atom stereocenters. The molecule has 7 nitrogen and oxygen atoms in total. The fourth-order valence-electron chi connectivity index (χ4n) is 1.49. The second-order valence-corrected chi connectivity index (χ2v) is 5.15. The highest BCUT2D eigenvalue weighted by Crippen LogP contribution is 2.15. The summed E-state index contributed by atoms with van der Waals surface area (Å²) in [4.78, 5) is 11.0. The maximum atomic E-state index is 13.7. The fourth-order valence-corrected chi connectivity index (χ4v) is 2.12. The summed E-state index contributed by atoms with van der Waals surface area (Å²) in [6.45, 7) is 1.45. The molecular formula is C10H13FN6OS. The number of nitrogens with zero attached hydrogens (tertiary/aromatic N) is 5. The third-order valence-electron chi connectivity index (χ3n) is 2.44. The predicted octanol–water partition coefficient (Wildman–Crippen LogP) is 0.885. The Morgan fingerprint density at radius 3 is 2.89 bits per heavy atom. The van der Waals surface area contributed by atoms with Gasteiger partial charge in [0.15, 0.2) is 5.78 Å². The Morgan fingerprint density at radius 2 is 2.32 bits per heavy atom. The average molecular weight is 284 g/mol. The van der Waals surface area contributed by atoms with Crippen molar-refractivity contribution in [3.05, 3.63) is 16.9 Å². The minimum atomic E-state index is -1.09. The maximum Gasteiger partial charge on any atom is 0.203 e. The molecule has 2 rings (SSSR count). The average Bonchev–Trinajstić information content (AvgIpc) is 2.96. The van der Waals surface area contributed by atoms with E-state index in [2.05, 4.69) is 20.5 Å². The van der Waals surface area contributed by atoms with Crippen molar-refractivity contribution in [1.29, 1.82) is 0 Å². The molecule has 19 heavy (non-hydrogen) atoms. The van der Waals surface area contributed by atoms with Gasteiger partial charge in [-0.15, -0.1) is 15.3 Å². The van der Waals surface area contributed by atoms with E-state index in [1.165, 1.54) is 29.1 Å². The van der Waals surface area contributed by atoms with Gasteiger partial charge >= 0.3 is 0 Å². The van der Waals surface area contributed by atoms with Gasteiger partial charge in [0.2, 0.25) is 5.13 Å². The summed E-state index contributed by atoms with van der Waals surface area (Å²) in [6, 6.07) is 0. The van der Waals surface area contributed by atoms with Gasteiger partial charge in [0.1, 0.15) is 16.9 Å². The SMILES string of the molecule is CC(=O)c1cn(CC(F)CCc2nnc(N)s2)nn1. The molecule has 2 heterocycles. The number of nitrogens with two attached hydrogens (primary N) is 1. The molecule has 0 aliphatic carbocycles. The van der Waals surface area contributed by atoms with Crippen LogP contribution in [0.1, 0.15) is 28.8 Å². The molecule has 9 heteroatoms. The van der Waals surface area contributed by atoms with Gasteiger partial charge < -0.3 is 5.73 Å². The lowest BCUT2D eigenvalue weighted by molar-refractivity contribution is 0.101. The summed E-state index contributed by atoms with van der Waals surface area (Å²) in [5.41, 5.74) is 5.68. The van der Waals surface area contributed by atoms with Crippen LogP contribution in [0.2, 0.25) is 0 Å². The summed E-state index contributed by atoms with van der Waals surface area (Å²) in [5.74, 6) is -0.189. The maximum absolute atomic E-state index is 13.7. The molecule has 2 aromatic rings. The highest BCUT2D eigenvalue weighted by atomic mass is 32.1. The molecule has 0 spiro atoms. The minimum absolute atomic E-state index is 0.0641. The van der Waals surface area contributed by atoms with E-state index in [-0.39, 0.29) is 18.0 Å². The second kappa shape index (κ2) is 5.83. The number of hydrogen-bond donors (Lipinski definition) is 1. The summed E-state index contributed by atoms with van der Waals surface area (Å²) < 4.78 is 15.1. The minimum Gasteiger partial charge on any atom is -0.374 e. The molecule has 2 aromatic heterocycles. The molecule has 0 amide bonds. The van der Waals surface area contributed by atoms with Crippen LogP contribution in [0.5, 0.6) is 0 Å². The van der Waals surface area contributed by atoms with E-state index in [4.69, 9.17) is 5.73 Å². The van der Waals surface area contributed by atoms with Crippen LogP contribution in [0.15, 0.2) is 6.20 Å². The molecule has 2 N–H and O–H groups in total. The molecule has 0 aliphatic rings. The summed E-state index contributed by atoms with van der Waals surface area (Å²) in [5, 5.41) is 15.9. The van der Waals surface area contributed by atoms with Gasteiger partial charge in [0, 0.05) is 13.3 Å². The number of ketones is 1. The van der Waals surface area contributed by atoms with Crippen LogP contribution in [0, 0.1) is 0 Å². The number of aryl methyl sites for hydroxylation is 1. The Kier molecular flexibility index (Phi) is 4.15. The van der Waals surface area contributed by atoms with E-state index >= 15 is 0 Å². The van der Waals surface area contributed by atoms with Crippen molar-refractivity contribution in [2.24, 2.45) is 0 Å². The zero-order chi connectivity index (χ0) is 13.8. The molecular weight excluding hydrogens is 271 g/mol. The van der Waals surface area contributed by atoms with Crippen LogP contribution < -0.4 is 5.73 Å². The van der Waals surface area contributed by atoms with Gasteiger partial charge in [0.05, 0.1) is 12.7 Å². The number of hydrogen-bond acceptors (Lipinski definition) is 7. The van der Waals surface area contributed by atoms with Crippen LogP contribution in [-0.2, 0) is 13.0 Å². The van der Waals surface area contributed by atoms with E-state index in [1.54, 1.807) is 0 Å². The number of rotatable bonds is 6. The lowest BCUT2D eigenvalue weighted by Crippen LogP contribution is -2.13. The number of carbonyl (C=O) groups is 1.